The topological polar surface area (TPSA) is 229 Å². The van der Waals surface area contributed by atoms with Gasteiger partial charge in [-0.05, 0) is 23.8 Å². The van der Waals surface area contributed by atoms with E-state index in [0.717, 1.165) is 18.0 Å². The number of carboxylic acid groups (broad SMARTS) is 1. The predicted octanol–water partition coefficient (Wildman–Crippen LogP) is -0.741. The van der Waals surface area contributed by atoms with Gasteiger partial charge in [0.1, 0.15) is 24.2 Å². The fraction of sp³-hybridized carbons (Fsp3) is 0.400. The number of thioether (sulfide) groups is 2. The van der Waals surface area contributed by atoms with E-state index in [9.17, 15) is 19.5 Å². The molecule has 0 bridgehead atoms. The maximum Gasteiger partial charge on any atom is 0.352 e. The van der Waals surface area contributed by atoms with Crippen molar-refractivity contribution in [3.05, 3.63) is 23.2 Å². The summed E-state index contributed by atoms with van der Waals surface area (Å²) in [6.07, 6.45) is 0.812. The minimum atomic E-state index is -1.24. The summed E-state index contributed by atoms with van der Waals surface area (Å²) in [5.41, 5.74) is 17.7. The number of carbonyl (C=O) groups excluding carboxylic acids is 2. The van der Waals surface area contributed by atoms with Crippen LogP contribution in [0.1, 0.15) is 19.2 Å². The molecule has 2 unspecified atom stereocenters. The average molecular weight is 582 g/mol. The van der Waals surface area contributed by atoms with Gasteiger partial charge >= 0.3 is 11.1 Å². The Balaban J connectivity index is 1.52. The van der Waals surface area contributed by atoms with Gasteiger partial charge in [-0.3, -0.25) is 14.5 Å². The Morgan fingerprint density at radius 3 is 2.76 bits per heavy atom. The molecule has 2 aromatic rings. The molecular weight excluding hydrogens is 556 g/mol. The molecule has 38 heavy (non-hydrogen) atoms. The van der Waals surface area contributed by atoms with Crippen molar-refractivity contribution in [2.45, 2.75) is 36.5 Å². The zero-order valence-corrected chi connectivity index (χ0v) is 22.7. The number of nitrogen functional groups attached to an aromatic ring is 3. The van der Waals surface area contributed by atoms with Gasteiger partial charge in [-0.15, -0.1) is 11.8 Å². The van der Waals surface area contributed by atoms with Crippen LogP contribution in [0.3, 0.4) is 0 Å². The van der Waals surface area contributed by atoms with E-state index in [-0.39, 0.29) is 33.9 Å². The second-order valence-electron chi connectivity index (χ2n) is 8.03. The molecule has 2 aromatic heterocycles. The van der Waals surface area contributed by atoms with Crippen LogP contribution in [-0.4, -0.2) is 77.9 Å². The van der Waals surface area contributed by atoms with Gasteiger partial charge in [0.2, 0.25) is 23.2 Å². The number of nitrogens with two attached hydrogens (primary N) is 3. The van der Waals surface area contributed by atoms with Gasteiger partial charge in [0.05, 0.1) is 12.6 Å². The highest BCUT2D eigenvalue weighted by molar-refractivity contribution is 8.01. The molecule has 2 aliphatic heterocycles. The van der Waals surface area contributed by atoms with Crippen molar-refractivity contribution in [1.29, 1.82) is 0 Å². The van der Waals surface area contributed by atoms with E-state index >= 15 is 0 Å². The van der Waals surface area contributed by atoms with Crippen molar-refractivity contribution < 1.29 is 28.9 Å². The summed E-state index contributed by atoms with van der Waals surface area (Å²) < 4.78 is 5.76. The monoisotopic (exact) mass is 581 g/mol. The fourth-order valence-corrected chi connectivity index (χ4v) is 6.84. The third-order valence-electron chi connectivity index (χ3n) is 5.47. The Hall–Kier alpha value is -3.64. The normalized spacial score (nSPS) is 19.2. The number of carbonyl (C=O) groups is 3. The molecule has 202 valence electrons. The van der Waals surface area contributed by atoms with Crippen LogP contribution in [0.4, 0.5) is 16.8 Å². The van der Waals surface area contributed by atoms with Gasteiger partial charge in [-0.25, -0.2) is 9.36 Å². The molecule has 8 N–H and O–H groups in total. The summed E-state index contributed by atoms with van der Waals surface area (Å²) >= 11 is 3.50. The molecule has 2 amide bonds. The third-order valence-corrected chi connectivity index (χ3v) is 8.42. The number of fused-ring (bicyclic) bond motifs is 1. The summed E-state index contributed by atoms with van der Waals surface area (Å²) in [5, 5.41) is 16.3. The maximum atomic E-state index is 13.0. The number of hydrogen-bond acceptors (Lipinski definition) is 14. The van der Waals surface area contributed by atoms with E-state index in [4.69, 9.17) is 22.0 Å². The maximum absolute atomic E-state index is 13.0. The third kappa shape index (κ3) is 5.32. The first-order chi connectivity index (χ1) is 18.2. The molecule has 2 aliphatic rings. The summed E-state index contributed by atoms with van der Waals surface area (Å²) in [7, 11) is 1.25. The van der Waals surface area contributed by atoms with Crippen molar-refractivity contribution in [1.82, 2.24) is 24.6 Å². The largest absolute Gasteiger partial charge is 0.477 e. The van der Waals surface area contributed by atoms with E-state index in [0.29, 0.717) is 28.8 Å². The lowest BCUT2D eigenvalue weighted by Crippen LogP contribution is -2.71. The van der Waals surface area contributed by atoms with Gasteiger partial charge < -0.3 is 32.5 Å². The summed E-state index contributed by atoms with van der Waals surface area (Å²) in [6, 6.07) is 0.592. The minimum Gasteiger partial charge on any atom is -0.477 e. The molecule has 2 atom stereocenters. The molecule has 4 heterocycles. The zero-order chi connectivity index (χ0) is 27.6. The van der Waals surface area contributed by atoms with E-state index in [1.807, 2.05) is 11.5 Å². The molecule has 0 aromatic carbocycles. The van der Waals surface area contributed by atoms with Crippen molar-refractivity contribution >= 4 is 75.3 Å². The number of anilines is 3. The van der Waals surface area contributed by atoms with Crippen LogP contribution in [0.25, 0.3) is 0 Å². The Kier molecular flexibility index (Phi) is 8.22. The smallest absolute Gasteiger partial charge is 0.352 e. The van der Waals surface area contributed by atoms with Crippen molar-refractivity contribution in [2.75, 3.05) is 35.8 Å². The second kappa shape index (κ2) is 11.4. The highest BCUT2D eigenvalue weighted by atomic mass is 32.2. The summed E-state index contributed by atoms with van der Waals surface area (Å²) in [4.78, 5) is 52.3. The van der Waals surface area contributed by atoms with Gasteiger partial charge in [0, 0.05) is 23.0 Å². The minimum absolute atomic E-state index is 0.0479. The number of aliphatic carboxylic acids is 1. The van der Waals surface area contributed by atoms with Gasteiger partial charge in [-0.1, -0.05) is 17.1 Å². The van der Waals surface area contributed by atoms with Crippen LogP contribution in [-0.2, 0) is 25.8 Å². The van der Waals surface area contributed by atoms with Gasteiger partial charge in [-0.2, -0.15) is 9.36 Å². The molecule has 1 saturated heterocycles. The molecule has 0 spiro atoms. The van der Waals surface area contributed by atoms with Crippen LogP contribution >= 0.6 is 35.1 Å². The highest BCUT2D eigenvalue weighted by Gasteiger charge is 2.54. The average Bonchev–Trinajstić information content (AvgIpc) is 3.31. The van der Waals surface area contributed by atoms with E-state index in [1.54, 1.807) is 6.07 Å². The lowest BCUT2D eigenvalue weighted by molar-refractivity contribution is -0.723. The number of nitrogens with zero attached hydrogens (tertiary/aromatic N) is 6. The number of β-lactam (4-membered cyclic amide) rings is 1. The fourth-order valence-electron chi connectivity index (χ4n) is 3.86. The lowest BCUT2D eigenvalue weighted by Gasteiger charge is -2.49. The number of amides is 2. The Labute approximate surface area is 229 Å². The summed E-state index contributed by atoms with van der Waals surface area (Å²) in [5.74, 6) is -1.32. The van der Waals surface area contributed by atoms with Gasteiger partial charge in [0.25, 0.3) is 11.8 Å². The SMILES string of the molecule is CCC[n+]1c(N)cc(N)nc1SCC1=C(C(=O)O)N2C(=O)C(NC(=O)/C(=N\OC)c3nsc(N)n3)C2SC1. The van der Waals surface area contributed by atoms with Crippen molar-refractivity contribution in [2.24, 2.45) is 5.16 Å². The van der Waals surface area contributed by atoms with E-state index in [2.05, 4.69) is 24.8 Å². The molecule has 0 radical (unpaired) electrons. The van der Waals surface area contributed by atoms with Crippen molar-refractivity contribution in [3.63, 3.8) is 0 Å². The number of nitrogens with one attached hydrogen (secondary N) is 1. The van der Waals surface area contributed by atoms with Crippen LogP contribution in [0.15, 0.2) is 27.6 Å². The highest BCUT2D eigenvalue weighted by Crippen LogP contribution is 2.41. The first kappa shape index (κ1) is 27.4. The standard InChI is InChI=1S/C20H24N10O5S3/c1-3-4-29-10(22)5-9(21)24-20(29)37-7-8-6-36-17-12(16(32)30(17)13(8)18(33)34)25-15(31)11(27-35-2)14-26-19(23)38-28-14/h5,12,17H,3-4,6-7H2,1-2H3,(H7,21,22,23,25,26,28,31,33,34)/p+1/b27-11-. The molecular formula is C20H25N10O5S3+. The second-order valence-corrected chi connectivity index (χ2v) is 10.9. The van der Waals surface area contributed by atoms with E-state index < -0.39 is 29.2 Å². The van der Waals surface area contributed by atoms with Crippen LogP contribution in [0.5, 0.6) is 0 Å². The van der Waals surface area contributed by atoms with Crippen LogP contribution in [0.2, 0.25) is 0 Å². The quantitative estimate of drug-likeness (QED) is 0.0582. The molecule has 4 rings (SSSR count). The number of carboxylic acids is 1. The number of hydrogen-bond donors (Lipinski definition) is 5. The van der Waals surface area contributed by atoms with Crippen molar-refractivity contribution in [3.8, 4) is 0 Å². The molecule has 0 saturated carbocycles. The number of oxime groups is 1. The first-order valence-corrected chi connectivity index (χ1v) is 14.0. The summed E-state index contributed by atoms with van der Waals surface area (Å²) in [6.45, 7) is 2.62. The van der Waals surface area contributed by atoms with Crippen LogP contribution < -0.4 is 27.1 Å². The lowest BCUT2D eigenvalue weighted by atomic mass is 10.0. The van der Waals surface area contributed by atoms with E-state index in [1.165, 1.54) is 35.5 Å². The Bertz CT molecular complexity index is 1350. The number of aromatic nitrogens is 4. The molecule has 18 heteroatoms. The number of rotatable bonds is 10. The zero-order valence-electron chi connectivity index (χ0n) is 20.3. The Morgan fingerprint density at radius 2 is 2.13 bits per heavy atom. The van der Waals surface area contributed by atoms with Crippen LogP contribution in [0, 0.1) is 0 Å². The Morgan fingerprint density at radius 1 is 1.37 bits per heavy atom. The first-order valence-electron chi connectivity index (χ1n) is 11.2. The predicted molar refractivity (Wildman–Crippen MR) is 142 cm³/mol. The molecule has 1 fully saturated rings. The molecule has 0 aliphatic carbocycles. The van der Waals surface area contributed by atoms with Gasteiger partial charge in [0.15, 0.2) is 5.13 Å². The molecule has 15 nitrogen and oxygen atoms in total.